The summed E-state index contributed by atoms with van der Waals surface area (Å²) < 4.78 is 17.7. The van der Waals surface area contributed by atoms with Crippen molar-refractivity contribution in [3.05, 3.63) is 82.8 Å². The summed E-state index contributed by atoms with van der Waals surface area (Å²) in [5.41, 5.74) is 1.23. The van der Waals surface area contributed by atoms with E-state index < -0.39 is 0 Å². The Bertz CT molecular complexity index is 975. The molecule has 3 rings (SSSR count). The number of nitrogens with one attached hydrogen (secondary N) is 1. The van der Waals surface area contributed by atoms with Crippen LogP contribution in [0.25, 0.3) is 0 Å². The Kier molecular flexibility index (Phi) is 8.35. The predicted molar refractivity (Wildman–Crippen MR) is 126 cm³/mol. The van der Waals surface area contributed by atoms with Crippen molar-refractivity contribution in [3.63, 3.8) is 0 Å². The minimum atomic E-state index is -0.199. The van der Waals surface area contributed by atoms with E-state index in [9.17, 15) is 4.79 Å². The average molecular weight is 484 g/mol. The van der Waals surface area contributed by atoms with Gasteiger partial charge in [-0.2, -0.15) is 0 Å². The largest absolute Gasteiger partial charge is 0.493 e. The minimum Gasteiger partial charge on any atom is -0.493 e. The molecule has 0 aliphatic heterocycles. The Hall–Kier alpha value is -2.99. The molecule has 0 saturated heterocycles. The third-order valence-corrected chi connectivity index (χ3v) is 4.86. The highest BCUT2D eigenvalue weighted by Gasteiger charge is 2.10. The van der Waals surface area contributed by atoms with Gasteiger partial charge >= 0.3 is 0 Å². The van der Waals surface area contributed by atoms with Gasteiger partial charge in [0, 0.05) is 11.3 Å². The first-order valence-electron chi connectivity index (χ1n) is 10.2. The maximum atomic E-state index is 12.6. The molecule has 0 unspecified atom stereocenters. The molecule has 162 valence electrons. The van der Waals surface area contributed by atoms with Gasteiger partial charge < -0.3 is 19.5 Å². The van der Waals surface area contributed by atoms with Crippen LogP contribution >= 0.6 is 15.9 Å². The molecule has 31 heavy (non-hydrogen) atoms. The maximum absolute atomic E-state index is 12.6. The van der Waals surface area contributed by atoms with Crippen molar-refractivity contribution in [2.75, 3.05) is 25.1 Å². The highest BCUT2D eigenvalue weighted by molar-refractivity contribution is 9.10. The summed E-state index contributed by atoms with van der Waals surface area (Å²) in [6, 6.07) is 22.2. The molecule has 0 atom stereocenters. The second-order valence-corrected chi connectivity index (χ2v) is 8.19. The van der Waals surface area contributed by atoms with E-state index in [-0.39, 0.29) is 5.91 Å². The second kappa shape index (κ2) is 11.4. The fourth-order valence-electron chi connectivity index (χ4n) is 2.69. The van der Waals surface area contributed by atoms with Gasteiger partial charge in [-0.1, -0.05) is 32.0 Å². The van der Waals surface area contributed by atoms with Gasteiger partial charge in [-0.25, -0.2) is 0 Å². The van der Waals surface area contributed by atoms with Gasteiger partial charge in [0.05, 0.1) is 11.1 Å². The SMILES string of the molecule is CC(C)COc1ccc(NC(=O)c2ccc(OCCOc3ccccc3)c(Br)c2)cc1. The molecule has 1 N–H and O–H groups in total. The number of para-hydroxylation sites is 1. The number of amides is 1. The van der Waals surface area contributed by atoms with Crippen LogP contribution in [0.1, 0.15) is 24.2 Å². The molecule has 0 heterocycles. The normalized spacial score (nSPS) is 10.6. The van der Waals surface area contributed by atoms with E-state index in [0.717, 1.165) is 11.5 Å². The average Bonchev–Trinajstić information content (AvgIpc) is 2.77. The Morgan fingerprint density at radius 2 is 1.55 bits per heavy atom. The molecule has 0 bridgehead atoms. The Morgan fingerprint density at radius 1 is 0.871 bits per heavy atom. The smallest absolute Gasteiger partial charge is 0.255 e. The van der Waals surface area contributed by atoms with Crippen molar-refractivity contribution in [1.29, 1.82) is 0 Å². The monoisotopic (exact) mass is 483 g/mol. The second-order valence-electron chi connectivity index (χ2n) is 7.34. The first-order chi connectivity index (χ1) is 15.0. The van der Waals surface area contributed by atoms with Crippen LogP contribution in [0.4, 0.5) is 5.69 Å². The lowest BCUT2D eigenvalue weighted by atomic mass is 10.2. The van der Waals surface area contributed by atoms with Crippen molar-refractivity contribution in [3.8, 4) is 17.2 Å². The zero-order valence-corrected chi connectivity index (χ0v) is 19.2. The summed E-state index contributed by atoms with van der Waals surface area (Å²) >= 11 is 3.47. The third kappa shape index (κ3) is 7.33. The number of anilines is 1. The fourth-order valence-corrected chi connectivity index (χ4v) is 3.18. The molecular weight excluding hydrogens is 458 g/mol. The number of hydrogen-bond donors (Lipinski definition) is 1. The van der Waals surface area contributed by atoms with Gasteiger partial charge in [-0.15, -0.1) is 0 Å². The zero-order chi connectivity index (χ0) is 22.1. The highest BCUT2D eigenvalue weighted by Crippen LogP contribution is 2.27. The fraction of sp³-hybridized carbons (Fsp3) is 0.240. The van der Waals surface area contributed by atoms with Crippen LogP contribution in [0.5, 0.6) is 17.2 Å². The molecule has 1 amide bonds. The molecule has 0 radical (unpaired) electrons. The van der Waals surface area contributed by atoms with E-state index in [4.69, 9.17) is 14.2 Å². The number of halogens is 1. The van der Waals surface area contributed by atoms with E-state index in [2.05, 4.69) is 35.1 Å². The van der Waals surface area contributed by atoms with Crippen LogP contribution in [0.15, 0.2) is 77.3 Å². The molecule has 0 spiro atoms. The molecular formula is C25H26BrNO4. The summed E-state index contributed by atoms with van der Waals surface area (Å²) in [5, 5.41) is 2.89. The Balaban J connectivity index is 1.49. The van der Waals surface area contributed by atoms with Gasteiger partial charge in [-0.05, 0) is 76.4 Å². The summed E-state index contributed by atoms with van der Waals surface area (Å²) in [5.74, 6) is 2.50. The molecule has 3 aromatic rings. The predicted octanol–water partition coefficient (Wildman–Crippen LogP) is 6.19. The zero-order valence-electron chi connectivity index (χ0n) is 17.6. The number of ether oxygens (including phenoxy) is 3. The van der Waals surface area contributed by atoms with Gasteiger partial charge in [0.15, 0.2) is 0 Å². The molecule has 0 aromatic heterocycles. The van der Waals surface area contributed by atoms with Gasteiger partial charge in [0.1, 0.15) is 30.5 Å². The third-order valence-electron chi connectivity index (χ3n) is 4.24. The summed E-state index contributed by atoms with van der Waals surface area (Å²) in [4.78, 5) is 12.6. The van der Waals surface area contributed by atoms with Gasteiger partial charge in [-0.3, -0.25) is 4.79 Å². The minimum absolute atomic E-state index is 0.199. The quantitative estimate of drug-likeness (QED) is 0.349. The Morgan fingerprint density at radius 3 is 2.23 bits per heavy atom. The van der Waals surface area contributed by atoms with E-state index >= 15 is 0 Å². The first-order valence-corrected chi connectivity index (χ1v) is 10.9. The van der Waals surface area contributed by atoms with Gasteiger partial charge in [0.25, 0.3) is 5.91 Å². The van der Waals surface area contributed by atoms with E-state index in [1.54, 1.807) is 18.2 Å². The van der Waals surface area contributed by atoms with Crippen LogP contribution in [0.2, 0.25) is 0 Å². The number of rotatable bonds is 10. The summed E-state index contributed by atoms with van der Waals surface area (Å²) in [7, 11) is 0. The van der Waals surface area contributed by atoms with Crippen LogP contribution in [-0.4, -0.2) is 25.7 Å². The van der Waals surface area contributed by atoms with Crippen LogP contribution in [0, 0.1) is 5.92 Å². The Labute approximate surface area is 191 Å². The van der Waals surface area contributed by atoms with E-state index in [1.165, 1.54) is 0 Å². The first kappa shape index (κ1) is 22.7. The van der Waals surface area contributed by atoms with Crippen LogP contribution < -0.4 is 19.5 Å². The van der Waals surface area contributed by atoms with Gasteiger partial charge in [0.2, 0.25) is 0 Å². The molecule has 0 aliphatic carbocycles. The van der Waals surface area contributed by atoms with Crippen LogP contribution in [-0.2, 0) is 0 Å². The van der Waals surface area contributed by atoms with E-state index in [0.29, 0.717) is 47.2 Å². The lowest BCUT2D eigenvalue weighted by Gasteiger charge is -2.12. The molecule has 5 nitrogen and oxygen atoms in total. The summed E-state index contributed by atoms with van der Waals surface area (Å²) in [6.45, 7) is 5.68. The number of carbonyl (C=O) groups excluding carboxylic acids is 1. The lowest BCUT2D eigenvalue weighted by molar-refractivity contribution is 0.102. The van der Waals surface area contributed by atoms with Crippen molar-refractivity contribution in [2.24, 2.45) is 5.92 Å². The number of carbonyl (C=O) groups is 1. The van der Waals surface area contributed by atoms with Crippen molar-refractivity contribution in [1.82, 2.24) is 0 Å². The number of hydrogen-bond acceptors (Lipinski definition) is 4. The van der Waals surface area contributed by atoms with Crippen LogP contribution in [0.3, 0.4) is 0 Å². The molecule has 6 heteroatoms. The lowest BCUT2D eigenvalue weighted by Crippen LogP contribution is -2.12. The summed E-state index contributed by atoms with van der Waals surface area (Å²) in [6.07, 6.45) is 0. The maximum Gasteiger partial charge on any atom is 0.255 e. The standard InChI is InChI=1S/C25H26BrNO4/c1-18(2)17-31-22-11-9-20(10-12-22)27-25(28)19-8-13-24(23(26)16-19)30-15-14-29-21-6-4-3-5-7-21/h3-13,16,18H,14-15,17H2,1-2H3,(H,27,28). The topological polar surface area (TPSA) is 56.8 Å². The van der Waals surface area contributed by atoms with Crippen molar-refractivity contribution in [2.45, 2.75) is 13.8 Å². The molecule has 0 aliphatic rings. The van der Waals surface area contributed by atoms with E-state index in [1.807, 2.05) is 54.6 Å². The molecule has 0 fully saturated rings. The molecule has 3 aromatic carbocycles. The van der Waals surface area contributed by atoms with Crippen molar-refractivity contribution >= 4 is 27.5 Å². The number of benzene rings is 3. The van der Waals surface area contributed by atoms with Crippen molar-refractivity contribution < 1.29 is 19.0 Å². The highest BCUT2D eigenvalue weighted by atomic mass is 79.9. The molecule has 0 saturated carbocycles.